The Bertz CT molecular complexity index is 2710. The number of rotatable bonds is 10. The number of imidazole rings is 1. The van der Waals surface area contributed by atoms with Gasteiger partial charge in [0.2, 0.25) is 11.8 Å². The first-order valence-corrected chi connectivity index (χ1v) is 22.4. The van der Waals surface area contributed by atoms with Gasteiger partial charge >= 0.3 is 5.69 Å². The second-order valence-corrected chi connectivity index (χ2v) is 18.7. The first-order valence-electron chi connectivity index (χ1n) is 22.4. The van der Waals surface area contributed by atoms with E-state index in [-0.39, 0.29) is 47.9 Å². The number of halogens is 4. The Morgan fingerprint density at radius 2 is 1.78 bits per heavy atom. The second kappa shape index (κ2) is 16.6. The van der Waals surface area contributed by atoms with Crippen LogP contribution in [0.5, 0.6) is 0 Å². The summed E-state index contributed by atoms with van der Waals surface area (Å²) >= 11 is 0. The fraction of sp³-hybridized carbons (Fsp3) is 0.568. The van der Waals surface area contributed by atoms with Crippen molar-refractivity contribution in [1.82, 2.24) is 43.7 Å². The van der Waals surface area contributed by atoms with Crippen molar-refractivity contribution in [2.24, 2.45) is 18.4 Å². The van der Waals surface area contributed by atoms with Crippen LogP contribution in [0.15, 0.2) is 47.7 Å². The Labute approximate surface area is 370 Å². The second-order valence-electron chi connectivity index (χ2n) is 18.7. The van der Waals surface area contributed by atoms with E-state index in [1.807, 2.05) is 6.07 Å². The number of carbonyl (C=O) groups is 3. The Balaban J connectivity index is 0.762. The lowest BCUT2D eigenvalue weighted by atomic mass is 9.73. The zero-order valence-electron chi connectivity index (χ0n) is 36.3. The maximum absolute atomic E-state index is 16.2. The summed E-state index contributed by atoms with van der Waals surface area (Å²) in [5.74, 6) is -3.90. The van der Waals surface area contributed by atoms with Gasteiger partial charge in [-0.2, -0.15) is 10.2 Å². The third-order valence-corrected chi connectivity index (χ3v) is 14.5. The van der Waals surface area contributed by atoms with Crippen LogP contribution in [0.25, 0.3) is 16.7 Å². The van der Waals surface area contributed by atoms with Crippen LogP contribution in [0.1, 0.15) is 92.3 Å². The molecular weight excluding hydrogens is 853 g/mol. The molecule has 21 heteroatoms. The molecule has 3 amide bonds. The van der Waals surface area contributed by atoms with Gasteiger partial charge in [0.1, 0.15) is 17.4 Å². The largest absolute Gasteiger partial charge is 0.381 e. The number of alkyl halides is 4. The van der Waals surface area contributed by atoms with Gasteiger partial charge < -0.3 is 19.9 Å². The highest BCUT2D eigenvalue weighted by molar-refractivity contribution is 6.08. The molecule has 2 unspecified atom stereocenters. The number of hydrogen-bond acceptors (Lipinski definition) is 11. The molecule has 5 fully saturated rings. The number of amides is 3. The number of hydrogen-bond donors (Lipinski definition) is 2. The molecule has 1 aliphatic carbocycles. The molecule has 4 aromatic heterocycles. The van der Waals surface area contributed by atoms with Crippen LogP contribution in [0.3, 0.4) is 0 Å². The molecule has 2 atom stereocenters. The maximum Gasteiger partial charge on any atom is 0.329 e. The normalized spacial score (nSPS) is 24.6. The highest BCUT2D eigenvalue weighted by Gasteiger charge is 2.48. The fourth-order valence-electron chi connectivity index (χ4n) is 11.0. The minimum Gasteiger partial charge on any atom is -0.381 e. The summed E-state index contributed by atoms with van der Waals surface area (Å²) in [4.78, 5) is 61.8. The number of piperidine rings is 2. The predicted octanol–water partition coefficient (Wildman–Crippen LogP) is 4.94. The van der Waals surface area contributed by atoms with Gasteiger partial charge in [0.15, 0.2) is 11.3 Å². The van der Waals surface area contributed by atoms with Gasteiger partial charge in [0.05, 0.1) is 47.2 Å². The number of nitrogens with one attached hydrogen (secondary N) is 2. The third kappa shape index (κ3) is 7.82. The maximum atomic E-state index is 16.2. The lowest BCUT2D eigenvalue weighted by Crippen LogP contribution is -2.58. The average molecular weight is 905 g/mol. The quantitative estimate of drug-likeness (QED) is 0.144. The highest BCUT2D eigenvalue weighted by atomic mass is 19.3. The number of ether oxygens (including phenoxy) is 1. The van der Waals surface area contributed by atoms with E-state index in [4.69, 9.17) is 9.72 Å². The van der Waals surface area contributed by atoms with Gasteiger partial charge in [0.25, 0.3) is 18.3 Å². The summed E-state index contributed by atoms with van der Waals surface area (Å²) in [7, 11) is 3.27. The number of nitrogens with zero attached hydrogens (tertiary/aromatic N) is 10. The lowest BCUT2D eigenvalue weighted by molar-refractivity contribution is -0.135. The van der Waals surface area contributed by atoms with Gasteiger partial charge in [-0.3, -0.25) is 38.4 Å². The Kier molecular flexibility index (Phi) is 11.0. The summed E-state index contributed by atoms with van der Waals surface area (Å²) in [5.41, 5.74) is 0.928. The van der Waals surface area contributed by atoms with Gasteiger partial charge in [0, 0.05) is 70.7 Å². The molecule has 346 valence electrons. The van der Waals surface area contributed by atoms with Crippen molar-refractivity contribution in [2.75, 3.05) is 68.1 Å². The van der Waals surface area contributed by atoms with E-state index in [1.165, 1.54) is 30.7 Å². The number of anilines is 3. The van der Waals surface area contributed by atoms with Gasteiger partial charge in [-0.05, 0) is 82.5 Å². The topological polar surface area (TPSA) is 169 Å². The molecule has 5 aliphatic rings. The molecule has 1 saturated carbocycles. The van der Waals surface area contributed by atoms with Crippen molar-refractivity contribution >= 4 is 51.6 Å². The van der Waals surface area contributed by atoms with Crippen molar-refractivity contribution in [2.45, 2.75) is 88.3 Å². The van der Waals surface area contributed by atoms with Gasteiger partial charge in [-0.25, -0.2) is 31.9 Å². The molecule has 0 bridgehead atoms. The van der Waals surface area contributed by atoms with E-state index in [0.717, 1.165) is 39.1 Å². The van der Waals surface area contributed by atoms with E-state index in [9.17, 15) is 28.0 Å². The van der Waals surface area contributed by atoms with E-state index >= 15 is 8.78 Å². The minimum atomic E-state index is -3.11. The average Bonchev–Trinajstić information content (AvgIpc) is 3.97. The number of carbonyl (C=O) groups excluding carboxylic acids is 3. The highest BCUT2D eigenvalue weighted by Crippen LogP contribution is 2.42. The molecular formula is C44H52F4N12O5. The van der Waals surface area contributed by atoms with Crippen molar-refractivity contribution in [1.29, 1.82) is 0 Å². The molecule has 65 heavy (non-hydrogen) atoms. The Hall–Kier alpha value is -5.83. The van der Waals surface area contributed by atoms with E-state index in [2.05, 4.69) is 25.7 Å². The summed E-state index contributed by atoms with van der Waals surface area (Å²) in [5, 5.41) is 13.4. The number of aromatic nitrogens is 7. The summed E-state index contributed by atoms with van der Waals surface area (Å²) in [6, 6.07) is 4.79. The SMILES string of the molecule is CN(CC1CCC(n2cc(NC(=O)c3cnn4ccc(N5CC6(CCOCC6)C5)nc34)c(C(F)F)n2)CC1)C1CCN(c2cccc3c2n(C)c(=O)n3C2CCC(=O)NC2=O)CC1(F)F. The molecule has 10 rings (SSSR count). The fourth-order valence-corrected chi connectivity index (χ4v) is 11.0. The molecule has 5 aromatic rings. The van der Waals surface area contributed by atoms with Crippen molar-refractivity contribution in [3.63, 3.8) is 0 Å². The number of para-hydroxylation sites is 1. The molecule has 1 spiro atoms. The zero-order chi connectivity index (χ0) is 45.4. The first kappa shape index (κ1) is 43.1. The van der Waals surface area contributed by atoms with Gasteiger partial charge in [-0.15, -0.1) is 0 Å². The van der Waals surface area contributed by atoms with Gasteiger partial charge in [-0.1, -0.05) is 6.07 Å². The van der Waals surface area contributed by atoms with Crippen LogP contribution >= 0.6 is 0 Å². The van der Waals surface area contributed by atoms with Crippen molar-refractivity contribution in [3.05, 3.63) is 64.6 Å². The Morgan fingerprint density at radius 3 is 2.51 bits per heavy atom. The van der Waals surface area contributed by atoms with Crippen molar-refractivity contribution in [3.8, 4) is 0 Å². The smallest absolute Gasteiger partial charge is 0.329 e. The predicted molar refractivity (Wildman–Crippen MR) is 231 cm³/mol. The third-order valence-electron chi connectivity index (χ3n) is 14.5. The molecule has 4 aliphatic heterocycles. The van der Waals surface area contributed by atoms with E-state index < -0.39 is 60.1 Å². The van der Waals surface area contributed by atoms with E-state index in [0.29, 0.717) is 67.0 Å². The number of aryl methyl sites for hydroxylation is 1. The summed E-state index contributed by atoms with van der Waals surface area (Å²) in [6.45, 7) is 3.35. The molecule has 2 N–H and O–H groups in total. The monoisotopic (exact) mass is 904 g/mol. The molecule has 0 radical (unpaired) electrons. The number of imide groups is 1. The van der Waals surface area contributed by atoms with Crippen molar-refractivity contribution < 1.29 is 36.7 Å². The standard InChI is InChI=1S/C44H52F4N12O5/c1-54(33-12-16-56(25-44(33,47)48)30-4-3-5-31-37(30)55(2)42(64)60(31)32-10-11-35(61)52-41(32)63)21-26-6-8-27(9-7-26)59-22-29(36(53-59)38(45)46)50-40(62)28-20-49-58-17-13-34(51-39(28)58)57-23-43(24-57)14-18-65-19-15-43/h3-5,13,17,20,22,26-27,32-33,38H,6-12,14-16,18-19,21,23-25H2,1-2H3,(H,50,62)(H,52,61,63). The van der Waals surface area contributed by atoms with Crippen LogP contribution in [-0.2, 0) is 21.4 Å². The summed E-state index contributed by atoms with van der Waals surface area (Å²) in [6.07, 6.45) is 6.55. The molecule has 4 saturated heterocycles. The first-order chi connectivity index (χ1) is 31.2. The van der Waals surface area contributed by atoms with Crippen LogP contribution in [0.4, 0.5) is 34.8 Å². The molecule has 1 aromatic carbocycles. The molecule has 8 heterocycles. The minimum absolute atomic E-state index is 0.0880. The molecule has 17 nitrogen and oxygen atoms in total. The van der Waals surface area contributed by atoms with Crippen LogP contribution in [0.2, 0.25) is 0 Å². The van der Waals surface area contributed by atoms with Crippen LogP contribution in [0, 0.1) is 11.3 Å². The summed E-state index contributed by atoms with van der Waals surface area (Å²) < 4.78 is 72.4. The van der Waals surface area contributed by atoms with Crippen LogP contribution in [-0.4, -0.2) is 121 Å². The number of fused-ring (bicyclic) bond motifs is 2. The van der Waals surface area contributed by atoms with E-state index in [1.54, 1.807) is 48.3 Å². The zero-order valence-corrected chi connectivity index (χ0v) is 36.3. The lowest BCUT2D eigenvalue weighted by Gasteiger charge is -2.52. The Morgan fingerprint density at radius 1 is 1.02 bits per heavy atom. The number of benzene rings is 1. The van der Waals surface area contributed by atoms with Crippen LogP contribution < -0.4 is 26.1 Å².